The SMILES string of the molecule is CC(O)CCN(C)C(=O)/C=C/c1cccc(Br)c1. The Labute approximate surface area is 116 Å². The van der Waals surface area contributed by atoms with Crippen molar-refractivity contribution in [3.8, 4) is 0 Å². The number of carbonyl (C=O) groups excluding carboxylic acids is 1. The fourth-order valence-corrected chi connectivity index (χ4v) is 1.81. The zero-order chi connectivity index (χ0) is 13.5. The van der Waals surface area contributed by atoms with Gasteiger partial charge in [0, 0.05) is 24.1 Å². The van der Waals surface area contributed by atoms with Crippen LogP contribution in [0.5, 0.6) is 0 Å². The molecule has 18 heavy (non-hydrogen) atoms. The summed E-state index contributed by atoms with van der Waals surface area (Å²) < 4.78 is 0.986. The van der Waals surface area contributed by atoms with Crippen LogP contribution >= 0.6 is 15.9 Å². The molecule has 0 aliphatic rings. The molecule has 0 heterocycles. The van der Waals surface area contributed by atoms with E-state index in [1.54, 1.807) is 31.0 Å². The van der Waals surface area contributed by atoms with Gasteiger partial charge in [-0.25, -0.2) is 0 Å². The van der Waals surface area contributed by atoms with E-state index < -0.39 is 0 Å². The number of aliphatic hydroxyl groups excluding tert-OH is 1. The molecule has 1 aromatic carbocycles. The van der Waals surface area contributed by atoms with E-state index in [4.69, 9.17) is 5.11 Å². The third kappa shape index (κ3) is 5.47. The highest BCUT2D eigenvalue weighted by atomic mass is 79.9. The van der Waals surface area contributed by atoms with Gasteiger partial charge in [-0.05, 0) is 37.1 Å². The van der Waals surface area contributed by atoms with Crippen molar-refractivity contribution in [1.82, 2.24) is 4.90 Å². The van der Waals surface area contributed by atoms with Gasteiger partial charge in [-0.3, -0.25) is 4.79 Å². The Morgan fingerprint density at radius 3 is 2.89 bits per heavy atom. The van der Waals surface area contributed by atoms with Crippen molar-refractivity contribution >= 4 is 27.9 Å². The Kier molecular flexibility index (Phi) is 6.09. The minimum atomic E-state index is -0.380. The molecule has 1 N–H and O–H groups in total. The zero-order valence-corrected chi connectivity index (χ0v) is 12.2. The van der Waals surface area contributed by atoms with Gasteiger partial charge in [0.1, 0.15) is 0 Å². The Hall–Kier alpha value is -1.13. The lowest BCUT2D eigenvalue weighted by molar-refractivity contribution is -0.124. The van der Waals surface area contributed by atoms with E-state index in [9.17, 15) is 4.79 Å². The molecule has 3 nitrogen and oxygen atoms in total. The molecule has 0 bridgehead atoms. The molecule has 1 atom stereocenters. The highest BCUT2D eigenvalue weighted by molar-refractivity contribution is 9.10. The van der Waals surface area contributed by atoms with Crippen LogP contribution in [0.4, 0.5) is 0 Å². The Bertz CT molecular complexity index is 430. The van der Waals surface area contributed by atoms with Gasteiger partial charge in [-0.15, -0.1) is 0 Å². The summed E-state index contributed by atoms with van der Waals surface area (Å²) in [5.41, 5.74) is 0.974. The molecule has 0 aromatic heterocycles. The minimum Gasteiger partial charge on any atom is -0.393 e. The zero-order valence-electron chi connectivity index (χ0n) is 10.6. The molecule has 0 radical (unpaired) electrons. The fourth-order valence-electron chi connectivity index (χ4n) is 1.40. The van der Waals surface area contributed by atoms with Gasteiger partial charge in [0.15, 0.2) is 0 Å². The third-order valence-electron chi connectivity index (χ3n) is 2.53. The lowest BCUT2D eigenvalue weighted by Crippen LogP contribution is -2.27. The number of carbonyl (C=O) groups is 1. The summed E-state index contributed by atoms with van der Waals surface area (Å²) in [4.78, 5) is 13.4. The summed E-state index contributed by atoms with van der Waals surface area (Å²) in [7, 11) is 1.73. The number of likely N-dealkylation sites (N-methyl/N-ethyl adjacent to an activating group) is 1. The smallest absolute Gasteiger partial charge is 0.246 e. The molecule has 1 amide bonds. The lowest BCUT2D eigenvalue weighted by atomic mass is 10.2. The summed E-state index contributed by atoms with van der Waals surface area (Å²) in [6.45, 7) is 2.27. The van der Waals surface area contributed by atoms with E-state index in [1.165, 1.54) is 0 Å². The summed E-state index contributed by atoms with van der Waals surface area (Å²) in [5, 5.41) is 9.16. The van der Waals surface area contributed by atoms with Gasteiger partial charge >= 0.3 is 0 Å². The molecule has 1 unspecified atom stereocenters. The topological polar surface area (TPSA) is 40.5 Å². The number of hydrogen-bond acceptors (Lipinski definition) is 2. The van der Waals surface area contributed by atoms with Crippen molar-refractivity contribution < 1.29 is 9.90 Å². The molecule has 1 aromatic rings. The van der Waals surface area contributed by atoms with Crippen LogP contribution in [0.2, 0.25) is 0 Å². The fraction of sp³-hybridized carbons (Fsp3) is 0.357. The van der Waals surface area contributed by atoms with Gasteiger partial charge in [0.05, 0.1) is 6.10 Å². The molecule has 0 spiro atoms. The molecule has 0 fully saturated rings. The first kappa shape index (κ1) is 14.9. The third-order valence-corrected chi connectivity index (χ3v) is 3.02. The van der Waals surface area contributed by atoms with Crippen LogP contribution in [0.25, 0.3) is 6.08 Å². The quantitative estimate of drug-likeness (QED) is 0.849. The molecule has 0 saturated carbocycles. The van der Waals surface area contributed by atoms with Gasteiger partial charge in [0.2, 0.25) is 5.91 Å². The van der Waals surface area contributed by atoms with E-state index in [0.29, 0.717) is 13.0 Å². The lowest BCUT2D eigenvalue weighted by Gasteiger charge is -2.15. The van der Waals surface area contributed by atoms with E-state index >= 15 is 0 Å². The maximum Gasteiger partial charge on any atom is 0.246 e. The molecule has 4 heteroatoms. The molecule has 98 valence electrons. The molecular formula is C14H18BrNO2. The second-order valence-electron chi connectivity index (χ2n) is 4.29. The van der Waals surface area contributed by atoms with E-state index in [1.807, 2.05) is 24.3 Å². The van der Waals surface area contributed by atoms with Gasteiger partial charge in [-0.1, -0.05) is 28.1 Å². The number of aliphatic hydroxyl groups is 1. The van der Waals surface area contributed by atoms with Crippen LogP contribution in [0.1, 0.15) is 18.9 Å². The number of amides is 1. The number of benzene rings is 1. The van der Waals surface area contributed by atoms with Crippen LogP contribution in [0.3, 0.4) is 0 Å². The van der Waals surface area contributed by atoms with Crippen molar-refractivity contribution in [2.75, 3.05) is 13.6 Å². The number of halogens is 1. The number of hydrogen-bond donors (Lipinski definition) is 1. The predicted octanol–water partition coefficient (Wildman–Crippen LogP) is 2.69. The van der Waals surface area contributed by atoms with Crippen molar-refractivity contribution in [1.29, 1.82) is 0 Å². The largest absolute Gasteiger partial charge is 0.393 e. The van der Waals surface area contributed by atoms with Crippen LogP contribution in [0.15, 0.2) is 34.8 Å². The summed E-state index contributed by atoms with van der Waals surface area (Å²) in [6, 6.07) is 7.74. The van der Waals surface area contributed by atoms with E-state index in [2.05, 4.69) is 15.9 Å². The Morgan fingerprint density at radius 2 is 2.28 bits per heavy atom. The van der Waals surface area contributed by atoms with Crippen LogP contribution in [0, 0.1) is 0 Å². The van der Waals surface area contributed by atoms with Gasteiger partial charge < -0.3 is 10.0 Å². The summed E-state index contributed by atoms with van der Waals surface area (Å²) in [5.74, 6) is -0.0596. The summed E-state index contributed by atoms with van der Waals surface area (Å²) in [6.07, 6.45) is 3.54. The minimum absolute atomic E-state index is 0.0596. The maximum atomic E-state index is 11.8. The highest BCUT2D eigenvalue weighted by Crippen LogP contribution is 2.12. The van der Waals surface area contributed by atoms with E-state index in [-0.39, 0.29) is 12.0 Å². The standard InChI is InChI=1S/C14H18BrNO2/c1-11(17)8-9-16(2)14(18)7-6-12-4-3-5-13(15)10-12/h3-7,10-11,17H,8-9H2,1-2H3/b7-6+. The molecule has 0 saturated heterocycles. The normalized spacial score (nSPS) is 12.7. The van der Waals surface area contributed by atoms with Crippen molar-refractivity contribution in [2.45, 2.75) is 19.4 Å². The van der Waals surface area contributed by atoms with Crippen LogP contribution < -0.4 is 0 Å². The average molecular weight is 312 g/mol. The van der Waals surface area contributed by atoms with Gasteiger partial charge in [-0.2, -0.15) is 0 Å². The van der Waals surface area contributed by atoms with Crippen LogP contribution in [-0.2, 0) is 4.79 Å². The monoisotopic (exact) mass is 311 g/mol. The summed E-state index contributed by atoms with van der Waals surface area (Å²) >= 11 is 3.38. The van der Waals surface area contributed by atoms with Crippen molar-refractivity contribution in [2.24, 2.45) is 0 Å². The highest BCUT2D eigenvalue weighted by Gasteiger charge is 2.05. The van der Waals surface area contributed by atoms with Crippen molar-refractivity contribution in [3.63, 3.8) is 0 Å². The predicted molar refractivity (Wildman–Crippen MR) is 77.1 cm³/mol. The number of nitrogens with zero attached hydrogens (tertiary/aromatic N) is 1. The molecule has 1 rings (SSSR count). The average Bonchev–Trinajstić information content (AvgIpc) is 2.33. The first-order chi connectivity index (χ1) is 8.49. The first-order valence-electron chi connectivity index (χ1n) is 5.86. The molecule has 0 aliphatic carbocycles. The van der Waals surface area contributed by atoms with Crippen LogP contribution in [-0.4, -0.2) is 35.6 Å². The van der Waals surface area contributed by atoms with Gasteiger partial charge in [0.25, 0.3) is 0 Å². The molecular weight excluding hydrogens is 294 g/mol. The second-order valence-corrected chi connectivity index (χ2v) is 5.20. The number of rotatable bonds is 5. The maximum absolute atomic E-state index is 11.8. The second kappa shape index (κ2) is 7.34. The first-order valence-corrected chi connectivity index (χ1v) is 6.65. The van der Waals surface area contributed by atoms with Crippen molar-refractivity contribution in [3.05, 3.63) is 40.4 Å². The van der Waals surface area contributed by atoms with E-state index in [0.717, 1.165) is 10.0 Å². The Morgan fingerprint density at radius 1 is 1.56 bits per heavy atom. The Balaban J connectivity index is 2.53. The molecule has 0 aliphatic heterocycles.